The normalized spacial score (nSPS) is 29.0. The minimum absolute atomic E-state index is 0.238. The molecule has 0 aromatic heterocycles. The molecule has 0 spiro atoms. The summed E-state index contributed by atoms with van der Waals surface area (Å²) in [5, 5.41) is 3.78. The molecule has 2 atom stereocenters. The number of nitrogens with zero attached hydrogens (tertiary/aromatic N) is 1. The Kier molecular flexibility index (Phi) is 3.70. The Morgan fingerprint density at radius 1 is 0.909 bits per heavy atom. The highest BCUT2D eigenvalue weighted by atomic mass is 16.5. The predicted molar refractivity (Wildman–Crippen MR) is 87.2 cm³/mol. The van der Waals surface area contributed by atoms with Gasteiger partial charge < -0.3 is 4.74 Å². The highest BCUT2D eigenvalue weighted by molar-refractivity contribution is 5.26. The highest BCUT2D eigenvalue weighted by Gasteiger charge is 2.47. The molecule has 3 nitrogen and oxygen atoms in total. The number of likely N-dealkylation sites (tertiary alicyclic amines) is 1. The molecular formula is C19H22N2O. The second-order valence-electron chi connectivity index (χ2n) is 6.12. The quantitative estimate of drug-likeness (QED) is 0.940. The van der Waals surface area contributed by atoms with Gasteiger partial charge in [-0.1, -0.05) is 60.7 Å². The molecule has 2 unspecified atom stereocenters. The van der Waals surface area contributed by atoms with Crippen LogP contribution in [-0.4, -0.2) is 24.6 Å². The van der Waals surface area contributed by atoms with Crippen molar-refractivity contribution in [2.75, 3.05) is 19.7 Å². The predicted octanol–water partition coefficient (Wildman–Crippen LogP) is 3.25. The standard InChI is InChI=1S/C19H22N2O/c1-3-9-16(10-4-1)18-15-22-19(20-18,21-13-7-8-14-21)17-11-5-2-6-12-17/h1-6,9-12,18,20H,7-8,13-15H2. The van der Waals surface area contributed by atoms with E-state index in [1.807, 2.05) is 0 Å². The van der Waals surface area contributed by atoms with E-state index in [1.54, 1.807) is 0 Å². The SMILES string of the molecule is c1ccc(C2COC(c3ccccc3)(N3CCCC3)N2)cc1. The molecule has 22 heavy (non-hydrogen) atoms. The lowest BCUT2D eigenvalue weighted by Gasteiger charge is -2.38. The lowest BCUT2D eigenvalue weighted by Crippen LogP contribution is -2.53. The molecule has 0 bridgehead atoms. The molecule has 0 radical (unpaired) electrons. The van der Waals surface area contributed by atoms with Crippen LogP contribution in [0, 0.1) is 0 Å². The number of hydrogen-bond donors (Lipinski definition) is 1. The smallest absolute Gasteiger partial charge is 0.205 e. The van der Waals surface area contributed by atoms with Crippen molar-refractivity contribution in [3.8, 4) is 0 Å². The summed E-state index contributed by atoms with van der Waals surface area (Å²) in [5.74, 6) is -0.474. The summed E-state index contributed by atoms with van der Waals surface area (Å²) >= 11 is 0. The van der Waals surface area contributed by atoms with Gasteiger partial charge in [0.1, 0.15) is 0 Å². The maximum atomic E-state index is 6.39. The maximum Gasteiger partial charge on any atom is 0.205 e. The molecule has 0 amide bonds. The average molecular weight is 294 g/mol. The zero-order valence-corrected chi connectivity index (χ0v) is 12.7. The van der Waals surface area contributed by atoms with Crippen LogP contribution in [0.25, 0.3) is 0 Å². The van der Waals surface area contributed by atoms with Crippen molar-refractivity contribution in [1.29, 1.82) is 0 Å². The van der Waals surface area contributed by atoms with Crippen LogP contribution < -0.4 is 5.32 Å². The Balaban J connectivity index is 1.68. The Hall–Kier alpha value is -1.68. The van der Waals surface area contributed by atoms with Crippen molar-refractivity contribution >= 4 is 0 Å². The molecule has 0 saturated carbocycles. The first-order valence-electron chi connectivity index (χ1n) is 8.16. The summed E-state index contributed by atoms with van der Waals surface area (Å²) in [7, 11) is 0. The van der Waals surface area contributed by atoms with E-state index in [1.165, 1.54) is 24.0 Å². The summed E-state index contributed by atoms with van der Waals surface area (Å²) in [6.07, 6.45) is 2.49. The second-order valence-corrected chi connectivity index (χ2v) is 6.12. The van der Waals surface area contributed by atoms with E-state index in [-0.39, 0.29) is 6.04 Å². The van der Waals surface area contributed by atoms with Gasteiger partial charge in [-0.15, -0.1) is 0 Å². The van der Waals surface area contributed by atoms with Gasteiger partial charge in [0.15, 0.2) is 0 Å². The lowest BCUT2D eigenvalue weighted by molar-refractivity contribution is -0.135. The van der Waals surface area contributed by atoms with Crippen molar-refractivity contribution in [1.82, 2.24) is 10.2 Å². The monoisotopic (exact) mass is 294 g/mol. The van der Waals surface area contributed by atoms with E-state index in [2.05, 4.69) is 70.9 Å². The third-order valence-electron chi connectivity index (χ3n) is 4.75. The van der Waals surface area contributed by atoms with Gasteiger partial charge in [-0.25, -0.2) is 0 Å². The van der Waals surface area contributed by atoms with Crippen LogP contribution in [0.5, 0.6) is 0 Å². The number of nitrogens with one attached hydrogen (secondary N) is 1. The molecule has 2 aliphatic rings. The van der Waals surface area contributed by atoms with Gasteiger partial charge in [-0.2, -0.15) is 0 Å². The minimum atomic E-state index is -0.474. The van der Waals surface area contributed by atoms with Crippen LogP contribution >= 0.6 is 0 Å². The van der Waals surface area contributed by atoms with Crippen molar-refractivity contribution in [2.24, 2.45) is 0 Å². The Morgan fingerprint density at radius 3 is 2.23 bits per heavy atom. The number of ether oxygens (including phenoxy) is 1. The van der Waals surface area contributed by atoms with Gasteiger partial charge in [0.2, 0.25) is 5.85 Å². The molecule has 1 N–H and O–H groups in total. The molecule has 0 aliphatic carbocycles. The lowest BCUT2D eigenvalue weighted by atomic mass is 10.1. The first-order chi connectivity index (χ1) is 10.9. The summed E-state index contributed by atoms with van der Waals surface area (Å²) < 4.78 is 6.39. The first kappa shape index (κ1) is 13.9. The van der Waals surface area contributed by atoms with E-state index in [0.717, 1.165) is 13.1 Å². The maximum absolute atomic E-state index is 6.39. The molecule has 2 fully saturated rings. The van der Waals surface area contributed by atoms with E-state index < -0.39 is 5.85 Å². The van der Waals surface area contributed by atoms with Gasteiger partial charge in [0.25, 0.3) is 0 Å². The largest absolute Gasteiger partial charge is 0.341 e. The van der Waals surface area contributed by atoms with Crippen molar-refractivity contribution in [3.63, 3.8) is 0 Å². The molecule has 2 aromatic carbocycles. The average Bonchev–Trinajstić information content (AvgIpc) is 3.27. The Labute approximate surface area is 131 Å². The zero-order chi connectivity index (χ0) is 14.8. The van der Waals surface area contributed by atoms with Gasteiger partial charge in [-0.05, 0) is 18.4 Å². The van der Waals surface area contributed by atoms with Crippen LogP contribution in [0.4, 0.5) is 0 Å². The van der Waals surface area contributed by atoms with Crippen LogP contribution in [-0.2, 0) is 10.6 Å². The molecule has 3 heteroatoms. The molecule has 2 saturated heterocycles. The molecule has 2 aliphatic heterocycles. The van der Waals surface area contributed by atoms with Crippen LogP contribution in [0.2, 0.25) is 0 Å². The van der Waals surface area contributed by atoms with Crippen molar-refractivity contribution in [2.45, 2.75) is 24.7 Å². The van der Waals surface area contributed by atoms with Crippen molar-refractivity contribution < 1.29 is 4.74 Å². The van der Waals surface area contributed by atoms with Gasteiger partial charge in [-0.3, -0.25) is 10.2 Å². The zero-order valence-electron chi connectivity index (χ0n) is 12.7. The summed E-state index contributed by atoms with van der Waals surface area (Å²) in [4.78, 5) is 2.45. The van der Waals surface area contributed by atoms with Crippen LogP contribution in [0.1, 0.15) is 30.0 Å². The Morgan fingerprint density at radius 2 is 1.55 bits per heavy atom. The first-order valence-corrected chi connectivity index (χ1v) is 8.16. The molecular weight excluding hydrogens is 272 g/mol. The molecule has 114 valence electrons. The van der Waals surface area contributed by atoms with Crippen molar-refractivity contribution in [3.05, 3.63) is 71.8 Å². The van der Waals surface area contributed by atoms with Gasteiger partial charge >= 0.3 is 0 Å². The fourth-order valence-electron chi connectivity index (χ4n) is 3.62. The fraction of sp³-hybridized carbons (Fsp3) is 0.368. The summed E-state index contributed by atoms with van der Waals surface area (Å²) in [6.45, 7) is 2.88. The van der Waals surface area contributed by atoms with E-state index in [9.17, 15) is 0 Å². The minimum Gasteiger partial charge on any atom is -0.341 e. The van der Waals surface area contributed by atoms with E-state index in [0.29, 0.717) is 6.61 Å². The molecule has 2 aromatic rings. The third-order valence-corrected chi connectivity index (χ3v) is 4.75. The van der Waals surface area contributed by atoms with E-state index in [4.69, 9.17) is 4.74 Å². The summed E-state index contributed by atoms with van der Waals surface area (Å²) in [6, 6.07) is 21.4. The second kappa shape index (κ2) is 5.84. The number of benzene rings is 2. The fourth-order valence-corrected chi connectivity index (χ4v) is 3.62. The third kappa shape index (κ3) is 2.35. The van der Waals surface area contributed by atoms with Gasteiger partial charge in [0.05, 0.1) is 12.6 Å². The number of rotatable bonds is 3. The van der Waals surface area contributed by atoms with E-state index >= 15 is 0 Å². The summed E-state index contributed by atoms with van der Waals surface area (Å²) in [5.41, 5.74) is 2.50. The van der Waals surface area contributed by atoms with Crippen LogP contribution in [0.15, 0.2) is 60.7 Å². The van der Waals surface area contributed by atoms with Gasteiger partial charge in [0, 0.05) is 18.7 Å². The number of hydrogen-bond acceptors (Lipinski definition) is 3. The molecule has 4 rings (SSSR count). The Bertz CT molecular complexity index is 610. The van der Waals surface area contributed by atoms with Crippen LogP contribution in [0.3, 0.4) is 0 Å². The highest BCUT2D eigenvalue weighted by Crippen LogP contribution is 2.38. The topological polar surface area (TPSA) is 24.5 Å². The molecule has 2 heterocycles.